The summed E-state index contributed by atoms with van der Waals surface area (Å²) in [6.45, 7) is 2.38. The molecule has 0 saturated heterocycles. The number of rotatable bonds is 6. The Morgan fingerprint density at radius 2 is 1.80 bits per heavy atom. The zero-order valence-corrected chi connectivity index (χ0v) is 9.36. The van der Waals surface area contributed by atoms with Gasteiger partial charge in [-0.2, -0.15) is 0 Å². The molecule has 0 radical (unpaired) electrons. The minimum absolute atomic E-state index is 0.377. The molecule has 0 aromatic carbocycles. The van der Waals surface area contributed by atoms with Crippen molar-refractivity contribution in [1.82, 2.24) is 5.06 Å². The van der Waals surface area contributed by atoms with Crippen LogP contribution in [0.25, 0.3) is 0 Å². The van der Waals surface area contributed by atoms with Gasteiger partial charge in [0.25, 0.3) is 0 Å². The van der Waals surface area contributed by atoms with Crippen LogP contribution in [-0.4, -0.2) is 37.7 Å². The molecule has 5 nitrogen and oxygen atoms in total. The Balaban J connectivity index is 3.74. The van der Waals surface area contributed by atoms with Crippen molar-refractivity contribution in [3.63, 3.8) is 0 Å². The lowest BCUT2D eigenvalue weighted by Crippen LogP contribution is -2.17. The van der Waals surface area contributed by atoms with Crippen LogP contribution in [0.4, 0.5) is 0 Å². The second-order valence-electron chi connectivity index (χ2n) is 3.08. The Kier molecular flexibility index (Phi) is 7.27. The third-order valence-corrected chi connectivity index (χ3v) is 1.37. The number of hydrogen-bond donors (Lipinski definition) is 0. The van der Waals surface area contributed by atoms with Crippen molar-refractivity contribution < 1.29 is 19.2 Å². The number of hydrogen-bond acceptors (Lipinski definition) is 5. The second-order valence-corrected chi connectivity index (χ2v) is 3.08. The topological polar surface area (TPSA) is 55.8 Å². The van der Waals surface area contributed by atoms with Crippen molar-refractivity contribution in [3.8, 4) is 0 Å². The Labute approximate surface area is 89.6 Å². The van der Waals surface area contributed by atoms with Crippen LogP contribution in [0.2, 0.25) is 0 Å². The van der Waals surface area contributed by atoms with Crippen molar-refractivity contribution in [2.75, 3.05) is 20.7 Å². The van der Waals surface area contributed by atoms with E-state index in [1.807, 2.05) is 6.92 Å². The molecule has 5 heteroatoms. The van der Waals surface area contributed by atoms with Gasteiger partial charge in [0.15, 0.2) is 0 Å². The Bertz CT molecular complexity index is 236. The summed E-state index contributed by atoms with van der Waals surface area (Å²) in [6.07, 6.45) is 3.87. The monoisotopic (exact) mass is 215 g/mol. The van der Waals surface area contributed by atoms with Crippen molar-refractivity contribution in [3.05, 3.63) is 12.2 Å². The molecule has 0 saturated carbocycles. The van der Waals surface area contributed by atoms with Gasteiger partial charge in [0, 0.05) is 26.2 Å². The van der Waals surface area contributed by atoms with E-state index < -0.39 is 11.9 Å². The van der Waals surface area contributed by atoms with Gasteiger partial charge >= 0.3 is 11.9 Å². The molecule has 0 fully saturated rings. The molecule has 86 valence electrons. The average Bonchev–Trinajstić information content (AvgIpc) is 2.14. The second kappa shape index (κ2) is 7.99. The van der Waals surface area contributed by atoms with Gasteiger partial charge in [-0.25, -0.2) is 9.59 Å². The predicted molar refractivity (Wildman–Crippen MR) is 54.8 cm³/mol. The van der Waals surface area contributed by atoms with Gasteiger partial charge in [-0.15, -0.1) is 5.06 Å². The van der Waals surface area contributed by atoms with E-state index >= 15 is 0 Å². The normalized spacial score (nSPS) is 10.7. The van der Waals surface area contributed by atoms with Crippen LogP contribution < -0.4 is 0 Å². The highest BCUT2D eigenvalue weighted by molar-refractivity contribution is 5.91. The molecule has 0 atom stereocenters. The molecule has 0 rings (SSSR count). The maximum absolute atomic E-state index is 11.0. The van der Waals surface area contributed by atoms with E-state index in [0.29, 0.717) is 6.61 Å². The van der Waals surface area contributed by atoms with Gasteiger partial charge in [-0.05, 0) is 6.42 Å². The number of carbonyl (C=O) groups is 2. The Hall–Kier alpha value is -1.36. The third kappa shape index (κ3) is 8.96. The minimum atomic E-state index is -0.604. The highest BCUT2D eigenvalue weighted by Crippen LogP contribution is 1.91. The van der Waals surface area contributed by atoms with Crippen molar-refractivity contribution in [2.45, 2.75) is 19.8 Å². The van der Waals surface area contributed by atoms with Gasteiger partial charge in [0.1, 0.15) is 0 Å². The molecule has 0 aromatic heterocycles. The van der Waals surface area contributed by atoms with Gasteiger partial charge in [-0.3, -0.25) is 0 Å². The first-order chi connectivity index (χ1) is 7.06. The summed E-state index contributed by atoms with van der Waals surface area (Å²) in [5.41, 5.74) is 0. The van der Waals surface area contributed by atoms with Gasteiger partial charge in [0.05, 0.1) is 6.61 Å². The van der Waals surface area contributed by atoms with E-state index in [4.69, 9.17) is 4.74 Å². The van der Waals surface area contributed by atoms with Crippen LogP contribution in [0.1, 0.15) is 19.8 Å². The molecule has 15 heavy (non-hydrogen) atoms. The molecule has 0 amide bonds. The van der Waals surface area contributed by atoms with Crippen LogP contribution in [0.15, 0.2) is 12.2 Å². The largest absolute Gasteiger partial charge is 0.463 e. The molecule has 0 aromatic rings. The van der Waals surface area contributed by atoms with Crippen molar-refractivity contribution >= 4 is 11.9 Å². The minimum Gasteiger partial charge on any atom is -0.463 e. The number of nitrogens with zero attached hydrogens (tertiary/aromatic N) is 1. The molecule has 0 unspecified atom stereocenters. The van der Waals surface area contributed by atoms with Crippen LogP contribution in [0, 0.1) is 0 Å². The molecule has 0 aliphatic carbocycles. The zero-order chi connectivity index (χ0) is 11.7. The number of esters is 1. The van der Waals surface area contributed by atoms with Crippen LogP contribution in [0.3, 0.4) is 0 Å². The summed E-state index contributed by atoms with van der Waals surface area (Å²) in [5, 5.41) is 1.25. The lowest BCUT2D eigenvalue weighted by molar-refractivity contribution is -0.171. The first-order valence-electron chi connectivity index (χ1n) is 4.80. The van der Waals surface area contributed by atoms with Gasteiger partial charge < -0.3 is 9.57 Å². The first kappa shape index (κ1) is 13.6. The molecule has 0 spiro atoms. The van der Waals surface area contributed by atoms with E-state index in [1.165, 1.54) is 5.06 Å². The zero-order valence-electron chi connectivity index (χ0n) is 9.36. The fourth-order valence-corrected chi connectivity index (χ4v) is 0.712. The Morgan fingerprint density at radius 3 is 2.33 bits per heavy atom. The number of unbranched alkanes of at least 4 members (excludes halogenated alkanes) is 1. The quantitative estimate of drug-likeness (QED) is 0.285. The molecule has 0 aliphatic heterocycles. The molecule has 0 heterocycles. The van der Waals surface area contributed by atoms with Crippen molar-refractivity contribution in [1.29, 1.82) is 0 Å². The van der Waals surface area contributed by atoms with E-state index in [0.717, 1.165) is 25.0 Å². The maximum atomic E-state index is 11.0. The Morgan fingerprint density at radius 1 is 1.20 bits per heavy atom. The van der Waals surface area contributed by atoms with E-state index in [9.17, 15) is 9.59 Å². The maximum Gasteiger partial charge on any atom is 0.349 e. The van der Waals surface area contributed by atoms with E-state index in [2.05, 4.69) is 4.84 Å². The molecule has 0 aliphatic rings. The highest BCUT2D eigenvalue weighted by atomic mass is 16.7. The summed E-state index contributed by atoms with van der Waals surface area (Å²) in [5.74, 6) is -1.13. The fourth-order valence-electron chi connectivity index (χ4n) is 0.712. The lowest BCUT2D eigenvalue weighted by Gasteiger charge is -2.06. The average molecular weight is 215 g/mol. The molecular formula is C10H17NO4. The summed E-state index contributed by atoms with van der Waals surface area (Å²) in [4.78, 5) is 26.5. The van der Waals surface area contributed by atoms with Crippen LogP contribution >= 0.6 is 0 Å². The standard InChI is InChI=1S/C10H17NO4/c1-4-5-8-14-9(12)6-7-10(13)15-11(2)3/h6-7H,4-5,8H2,1-3H3/b7-6+. The lowest BCUT2D eigenvalue weighted by atomic mass is 10.4. The summed E-state index contributed by atoms with van der Waals surface area (Å²) in [7, 11) is 3.15. The van der Waals surface area contributed by atoms with Crippen molar-refractivity contribution in [2.24, 2.45) is 0 Å². The van der Waals surface area contributed by atoms with Crippen LogP contribution in [0.5, 0.6) is 0 Å². The third-order valence-electron chi connectivity index (χ3n) is 1.37. The predicted octanol–water partition coefficient (Wildman–Crippen LogP) is 0.906. The smallest absolute Gasteiger partial charge is 0.349 e. The molecular weight excluding hydrogens is 198 g/mol. The summed E-state index contributed by atoms with van der Waals surface area (Å²) < 4.78 is 4.79. The molecule has 0 N–H and O–H groups in total. The summed E-state index contributed by atoms with van der Waals surface area (Å²) in [6, 6.07) is 0. The SMILES string of the molecule is CCCCOC(=O)/C=C/C(=O)ON(C)C. The van der Waals surface area contributed by atoms with E-state index in [1.54, 1.807) is 14.1 Å². The van der Waals surface area contributed by atoms with Gasteiger partial charge in [0.2, 0.25) is 0 Å². The highest BCUT2D eigenvalue weighted by Gasteiger charge is 2.01. The van der Waals surface area contributed by atoms with Gasteiger partial charge in [-0.1, -0.05) is 13.3 Å². The number of carbonyl (C=O) groups excluding carboxylic acids is 2. The first-order valence-corrected chi connectivity index (χ1v) is 4.80. The number of hydroxylamine groups is 2. The van der Waals surface area contributed by atoms with E-state index in [-0.39, 0.29) is 0 Å². The fraction of sp³-hybridized carbons (Fsp3) is 0.600. The summed E-state index contributed by atoms with van der Waals surface area (Å²) >= 11 is 0. The number of ether oxygens (including phenoxy) is 1. The molecule has 0 bridgehead atoms. The van der Waals surface area contributed by atoms with Crippen LogP contribution in [-0.2, 0) is 19.2 Å².